The molecule has 1 aromatic carbocycles. The van der Waals surface area contributed by atoms with Crippen LogP contribution in [-0.2, 0) is 11.3 Å². The molecule has 126 valence electrons. The number of halogens is 1. The van der Waals surface area contributed by atoms with E-state index in [0.29, 0.717) is 12.2 Å². The Balaban J connectivity index is 1.74. The topological polar surface area (TPSA) is 42.4 Å². The first kappa shape index (κ1) is 17.1. The molecule has 3 rings (SSSR count). The Bertz CT molecular complexity index is 706. The number of aromatic nitrogens is 1. The van der Waals surface area contributed by atoms with Gasteiger partial charge in [0.2, 0.25) is 0 Å². The van der Waals surface area contributed by atoms with Crippen molar-refractivity contribution in [2.75, 3.05) is 19.7 Å². The number of hydrogen-bond acceptors (Lipinski definition) is 4. The molecule has 0 unspecified atom stereocenters. The van der Waals surface area contributed by atoms with E-state index in [9.17, 15) is 4.79 Å². The van der Waals surface area contributed by atoms with Gasteiger partial charge in [0.1, 0.15) is 0 Å². The van der Waals surface area contributed by atoms with Crippen LogP contribution in [0.15, 0.2) is 47.1 Å². The van der Waals surface area contributed by atoms with Crippen molar-refractivity contribution in [2.45, 2.75) is 25.8 Å². The molecule has 0 radical (unpaired) electrons. The van der Waals surface area contributed by atoms with Gasteiger partial charge in [-0.15, -0.1) is 0 Å². The van der Waals surface area contributed by atoms with Crippen LogP contribution in [0.2, 0.25) is 0 Å². The summed E-state index contributed by atoms with van der Waals surface area (Å²) in [6, 6.07) is 12.3. The van der Waals surface area contributed by atoms with E-state index in [2.05, 4.69) is 50.1 Å². The summed E-state index contributed by atoms with van der Waals surface area (Å²) < 4.78 is 5.99. The number of carbonyl (C=O) groups excluding carboxylic acids is 1. The van der Waals surface area contributed by atoms with Crippen molar-refractivity contribution in [3.05, 3.63) is 63.9 Å². The van der Waals surface area contributed by atoms with E-state index < -0.39 is 0 Å². The molecule has 1 atom stereocenters. The van der Waals surface area contributed by atoms with Gasteiger partial charge in [0.25, 0.3) is 0 Å². The van der Waals surface area contributed by atoms with Gasteiger partial charge in [0.15, 0.2) is 0 Å². The summed E-state index contributed by atoms with van der Waals surface area (Å²) in [5, 5.41) is 0. The zero-order valence-corrected chi connectivity index (χ0v) is 15.3. The molecule has 0 saturated carbocycles. The van der Waals surface area contributed by atoms with Gasteiger partial charge in [0, 0.05) is 29.7 Å². The fraction of sp³-hybridized carbons (Fsp3) is 0.368. The van der Waals surface area contributed by atoms with Crippen LogP contribution in [0.5, 0.6) is 0 Å². The van der Waals surface area contributed by atoms with Gasteiger partial charge in [-0.1, -0.05) is 30.3 Å². The summed E-state index contributed by atoms with van der Waals surface area (Å²) in [6.07, 6.45) is 2.77. The molecule has 0 amide bonds. The zero-order chi connectivity index (χ0) is 16.9. The van der Waals surface area contributed by atoms with Crippen molar-refractivity contribution in [2.24, 2.45) is 0 Å². The minimum atomic E-state index is -0.289. The molecule has 1 fully saturated rings. The Morgan fingerprint density at radius 3 is 2.92 bits per heavy atom. The lowest BCUT2D eigenvalue weighted by atomic mass is 9.99. The monoisotopic (exact) mass is 388 g/mol. The second-order valence-electron chi connectivity index (χ2n) is 6.01. The standard InChI is InChI=1S/C19H21BrN2O2/c1-2-24-19(23)17-10-16(20)11-21-18(17)15-8-9-22(13-15)12-14-6-4-3-5-7-14/h3-7,10-11,15H,2,8-9,12-13H2,1H3/t15-/m1/s1. The van der Waals surface area contributed by atoms with Gasteiger partial charge in [-0.05, 0) is 47.4 Å². The first-order valence-corrected chi connectivity index (χ1v) is 9.05. The fourth-order valence-corrected chi connectivity index (χ4v) is 3.52. The van der Waals surface area contributed by atoms with Crippen LogP contribution in [0.25, 0.3) is 0 Å². The van der Waals surface area contributed by atoms with Crippen molar-refractivity contribution in [3.8, 4) is 0 Å². The van der Waals surface area contributed by atoms with Crippen LogP contribution in [0.1, 0.15) is 40.9 Å². The molecule has 0 spiro atoms. The van der Waals surface area contributed by atoms with E-state index in [-0.39, 0.29) is 11.9 Å². The Kier molecular flexibility index (Phi) is 5.63. The van der Waals surface area contributed by atoms with Crippen molar-refractivity contribution < 1.29 is 9.53 Å². The zero-order valence-electron chi connectivity index (χ0n) is 13.7. The van der Waals surface area contributed by atoms with Gasteiger partial charge in [0.05, 0.1) is 17.9 Å². The maximum Gasteiger partial charge on any atom is 0.340 e. The molecule has 0 N–H and O–H groups in total. The minimum absolute atomic E-state index is 0.265. The molecule has 1 aromatic heterocycles. The number of pyridine rings is 1. The van der Waals surface area contributed by atoms with Crippen LogP contribution in [0.4, 0.5) is 0 Å². The third kappa shape index (κ3) is 4.02. The number of hydrogen-bond donors (Lipinski definition) is 0. The van der Waals surface area contributed by atoms with Crippen molar-refractivity contribution in [1.82, 2.24) is 9.88 Å². The highest BCUT2D eigenvalue weighted by atomic mass is 79.9. The second-order valence-corrected chi connectivity index (χ2v) is 6.93. The number of likely N-dealkylation sites (tertiary alicyclic amines) is 1. The molecule has 4 nitrogen and oxygen atoms in total. The van der Waals surface area contributed by atoms with Gasteiger partial charge < -0.3 is 4.74 Å². The molecule has 2 aromatic rings. The summed E-state index contributed by atoms with van der Waals surface area (Å²) >= 11 is 3.40. The molecular weight excluding hydrogens is 368 g/mol. The van der Waals surface area contributed by atoms with Gasteiger partial charge >= 0.3 is 5.97 Å². The quantitative estimate of drug-likeness (QED) is 0.725. The maximum atomic E-state index is 12.3. The van der Waals surface area contributed by atoms with Crippen LogP contribution in [0.3, 0.4) is 0 Å². The third-order valence-electron chi connectivity index (χ3n) is 4.29. The number of esters is 1. The van der Waals surface area contributed by atoms with Crippen molar-refractivity contribution in [1.29, 1.82) is 0 Å². The summed E-state index contributed by atoms with van der Waals surface area (Å²) in [6.45, 7) is 5.05. The van der Waals surface area contributed by atoms with Crippen LogP contribution < -0.4 is 0 Å². The van der Waals surface area contributed by atoms with Crippen molar-refractivity contribution in [3.63, 3.8) is 0 Å². The van der Waals surface area contributed by atoms with E-state index >= 15 is 0 Å². The number of benzene rings is 1. The predicted molar refractivity (Wildman–Crippen MR) is 97.0 cm³/mol. The van der Waals surface area contributed by atoms with Gasteiger partial charge in [-0.25, -0.2) is 4.79 Å². The Morgan fingerprint density at radius 1 is 1.38 bits per heavy atom. The third-order valence-corrected chi connectivity index (χ3v) is 4.72. The molecular formula is C19H21BrN2O2. The Hall–Kier alpha value is -1.72. The Morgan fingerprint density at radius 2 is 2.17 bits per heavy atom. The first-order valence-electron chi connectivity index (χ1n) is 8.26. The highest BCUT2D eigenvalue weighted by Crippen LogP contribution is 2.30. The van der Waals surface area contributed by atoms with Crippen LogP contribution in [0, 0.1) is 0 Å². The molecule has 24 heavy (non-hydrogen) atoms. The SMILES string of the molecule is CCOC(=O)c1cc(Br)cnc1[C@@H]1CCN(Cc2ccccc2)C1. The fourth-order valence-electron chi connectivity index (χ4n) is 3.19. The van der Waals surface area contributed by atoms with E-state index in [4.69, 9.17) is 4.74 Å². The van der Waals surface area contributed by atoms with E-state index in [1.54, 1.807) is 6.20 Å². The van der Waals surface area contributed by atoms with Crippen molar-refractivity contribution >= 4 is 21.9 Å². The molecule has 1 saturated heterocycles. The lowest BCUT2D eigenvalue weighted by Gasteiger charge is -2.17. The number of carbonyl (C=O) groups is 1. The maximum absolute atomic E-state index is 12.3. The normalized spacial score (nSPS) is 17.8. The summed E-state index contributed by atoms with van der Waals surface area (Å²) in [4.78, 5) is 19.2. The molecule has 5 heteroatoms. The Labute approximate surface area is 151 Å². The smallest absolute Gasteiger partial charge is 0.340 e. The van der Waals surface area contributed by atoms with Crippen LogP contribution in [-0.4, -0.2) is 35.5 Å². The van der Waals surface area contributed by atoms with Gasteiger partial charge in [-0.3, -0.25) is 9.88 Å². The van der Waals surface area contributed by atoms with Crippen LogP contribution >= 0.6 is 15.9 Å². The molecule has 0 aliphatic carbocycles. The average Bonchev–Trinajstić information content (AvgIpc) is 3.04. The molecule has 1 aliphatic rings. The summed E-state index contributed by atoms with van der Waals surface area (Å²) in [5.74, 6) is -0.0240. The molecule has 0 bridgehead atoms. The number of ether oxygens (including phenoxy) is 1. The predicted octanol–water partition coefficient (Wildman–Crippen LogP) is 4.01. The number of rotatable bonds is 5. The highest BCUT2D eigenvalue weighted by molar-refractivity contribution is 9.10. The molecule has 2 heterocycles. The highest BCUT2D eigenvalue weighted by Gasteiger charge is 2.29. The van der Waals surface area contributed by atoms with E-state index in [1.165, 1.54) is 5.56 Å². The first-order chi connectivity index (χ1) is 11.7. The number of nitrogens with zero attached hydrogens (tertiary/aromatic N) is 2. The largest absolute Gasteiger partial charge is 0.462 e. The van der Waals surface area contributed by atoms with E-state index in [1.807, 2.05) is 19.1 Å². The minimum Gasteiger partial charge on any atom is -0.462 e. The lowest BCUT2D eigenvalue weighted by Crippen LogP contribution is -2.20. The molecule has 1 aliphatic heterocycles. The average molecular weight is 389 g/mol. The summed E-state index contributed by atoms with van der Waals surface area (Å²) in [5.41, 5.74) is 2.75. The van der Waals surface area contributed by atoms with E-state index in [0.717, 1.165) is 36.2 Å². The lowest BCUT2D eigenvalue weighted by molar-refractivity contribution is 0.0523. The van der Waals surface area contributed by atoms with Gasteiger partial charge in [-0.2, -0.15) is 0 Å². The summed E-state index contributed by atoms with van der Waals surface area (Å²) in [7, 11) is 0. The second kappa shape index (κ2) is 7.90.